The number of aromatic nitrogens is 3. The van der Waals surface area contributed by atoms with E-state index in [2.05, 4.69) is 15.5 Å². The monoisotopic (exact) mass is 541 g/mol. The van der Waals surface area contributed by atoms with Crippen LogP contribution in [0.4, 0.5) is 5.13 Å². The van der Waals surface area contributed by atoms with Gasteiger partial charge in [0.25, 0.3) is 11.8 Å². The van der Waals surface area contributed by atoms with Gasteiger partial charge in [-0.25, -0.2) is 4.98 Å². The lowest BCUT2D eigenvalue weighted by Gasteiger charge is -2.50. The molecule has 2 aliphatic heterocycles. The number of aldehydes is 1. The molecule has 3 aromatic heterocycles. The Hall–Kier alpha value is -4.24. The van der Waals surface area contributed by atoms with Crippen molar-refractivity contribution in [3.63, 3.8) is 0 Å². The number of rotatable bonds is 8. The van der Waals surface area contributed by atoms with Gasteiger partial charge in [0.2, 0.25) is 0 Å². The lowest BCUT2D eigenvalue weighted by atomic mass is 10.0. The molecule has 15 heteroatoms. The van der Waals surface area contributed by atoms with Gasteiger partial charge in [0.15, 0.2) is 36.1 Å². The first-order valence-corrected chi connectivity index (χ1v) is 12.7. The van der Waals surface area contributed by atoms with Crippen molar-refractivity contribution in [2.24, 2.45) is 5.16 Å². The molecule has 190 valence electrons. The first-order chi connectivity index (χ1) is 17.8. The molecular weight excluding hydrogens is 522 g/mol. The van der Waals surface area contributed by atoms with Crippen LogP contribution in [0.5, 0.6) is 0 Å². The van der Waals surface area contributed by atoms with Crippen molar-refractivity contribution >= 4 is 63.5 Å². The maximum Gasteiger partial charge on any atom is 0.276 e. The largest absolute Gasteiger partial charge is 0.543 e. The normalized spacial score (nSPS) is 19.4. The molecule has 3 N–H and O–H groups in total. The van der Waals surface area contributed by atoms with E-state index in [0.29, 0.717) is 17.0 Å². The highest BCUT2D eigenvalue weighted by Crippen LogP contribution is 2.40. The van der Waals surface area contributed by atoms with Crippen LogP contribution in [0.25, 0.3) is 5.52 Å². The highest BCUT2D eigenvalue weighted by molar-refractivity contribution is 8.00. The van der Waals surface area contributed by atoms with Crippen molar-refractivity contribution in [1.29, 1.82) is 0 Å². The summed E-state index contributed by atoms with van der Waals surface area (Å²) in [5.41, 5.74) is 7.18. The molecule has 2 aliphatic rings. The SMILES string of the molecule is CO/N=C(\C(=O)N[C@@H]1C(=O)N2C(C(=O)[O-])=C(C[n+]3ccn4c(C=O)ccc4c3)CS[C@@H]12)c1csc(N)n1. The Balaban J connectivity index is 1.36. The predicted octanol–water partition coefficient (Wildman–Crippen LogP) is -1.47. The highest BCUT2D eigenvalue weighted by Gasteiger charge is 2.53. The van der Waals surface area contributed by atoms with Gasteiger partial charge in [-0.2, -0.15) is 4.57 Å². The van der Waals surface area contributed by atoms with Crippen LogP contribution in [0.1, 0.15) is 16.2 Å². The molecule has 2 atom stereocenters. The van der Waals surface area contributed by atoms with Crippen LogP contribution >= 0.6 is 23.1 Å². The fourth-order valence-corrected chi connectivity index (χ4v) is 6.12. The van der Waals surface area contributed by atoms with Gasteiger partial charge in [-0.05, 0) is 12.1 Å². The zero-order valence-corrected chi connectivity index (χ0v) is 20.8. The minimum absolute atomic E-state index is 0.159. The summed E-state index contributed by atoms with van der Waals surface area (Å²) >= 11 is 2.44. The Labute approximate surface area is 217 Å². The number of thioether (sulfide) groups is 1. The number of nitrogens with one attached hydrogen (secondary N) is 1. The summed E-state index contributed by atoms with van der Waals surface area (Å²) in [6.07, 6.45) is 5.92. The number of nitrogens with zero attached hydrogens (tertiary/aromatic N) is 5. The number of hydrogen-bond acceptors (Lipinski definition) is 11. The number of aliphatic carboxylic acids is 1. The van der Waals surface area contributed by atoms with Gasteiger partial charge in [0, 0.05) is 16.7 Å². The number of fused-ring (bicyclic) bond motifs is 2. The van der Waals surface area contributed by atoms with Crippen LogP contribution in [0.3, 0.4) is 0 Å². The molecule has 0 radical (unpaired) electrons. The number of carboxylic acids is 1. The number of carbonyl (C=O) groups excluding carboxylic acids is 4. The summed E-state index contributed by atoms with van der Waals surface area (Å²) in [5, 5.41) is 19.5. The third kappa shape index (κ3) is 4.31. The van der Waals surface area contributed by atoms with E-state index >= 15 is 0 Å². The second-order valence-electron chi connectivity index (χ2n) is 8.06. The summed E-state index contributed by atoms with van der Waals surface area (Å²) in [6.45, 7) is 0.192. The van der Waals surface area contributed by atoms with E-state index in [-0.39, 0.29) is 28.8 Å². The van der Waals surface area contributed by atoms with Gasteiger partial charge in [-0.3, -0.25) is 19.3 Å². The Morgan fingerprint density at radius 2 is 2.24 bits per heavy atom. The molecule has 5 rings (SSSR count). The van der Waals surface area contributed by atoms with E-state index in [1.54, 1.807) is 39.7 Å². The average molecular weight is 542 g/mol. The fraction of sp³-hybridized carbons (Fsp3) is 0.227. The number of nitrogen functional groups attached to an aromatic ring is 1. The van der Waals surface area contributed by atoms with Gasteiger partial charge in [0.1, 0.15) is 29.7 Å². The summed E-state index contributed by atoms with van der Waals surface area (Å²) in [6, 6.07) is 2.48. The molecule has 1 fully saturated rings. The Bertz CT molecular complexity index is 1510. The number of anilines is 1. The fourth-order valence-electron chi connectivity index (χ4n) is 4.23. The van der Waals surface area contributed by atoms with E-state index in [1.807, 2.05) is 0 Å². The summed E-state index contributed by atoms with van der Waals surface area (Å²) in [4.78, 5) is 59.0. The number of carboxylic acid groups (broad SMARTS) is 1. The highest BCUT2D eigenvalue weighted by atomic mass is 32.2. The van der Waals surface area contributed by atoms with Gasteiger partial charge < -0.3 is 30.2 Å². The molecule has 0 aromatic carbocycles. The van der Waals surface area contributed by atoms with Gasteiger partial charge in [-0.15, -0.1) is 23.1 Å². The van der Waals surface area contributed by atoms with Crippen LogP contribution in [0.2, 0.25) is 0 Å². The molecule has 3 aromatic rings. The van der Waals surface area contributed by atoms with Crippen LogP contribution in [0.15, 0.2) is 52.5 Å². The number of oxime groups is 1. The molecule has 0 spiro atoms. The zero-order chi connectivity index (χ0) is 26.3. The van der Waals surface area contributed by atoms with Crippen LogP contribution < -0.4 is 20.7 Å². The first-order valence-electron chi connectivity index (χ1n) is 10.8. The Kier molecular flexibility index (Phi) is 6.39. The predicted molar refractivity (Wildman–Crippen MR) is 130 cm³/mol. The molecule has 5 heterocycles. The quantitative estimate of drug-likeness (QED) is 0.113. The summed E-state index contributed by atoms with van der Waals surface area (Å²) < 4.78 is 3.47. The third-order valence-electron chi connectivity index (χ3n) is 5.87. The summed E-state index contributed by atoms with van der Waals surface area (Å²) in [5.74, 6) is -2.48. The van der Waals surface area contributed by atoms with E-state index < -0.39 is 29.2 Å². The average Bonchev–Trinajstić information content (AvgIpc) is 3.50. The maximum absolute atomic E-state index is 13.0. The van der Waals surface area contributed by atoms with Gasteiger partial charge >= 0.3 is 0 Å². The number of carbonyl (C=O) groups is 4. The van der Waals surface area contributed by atoms with Gasteiger partial charge in [-0.1, -0.05) is 5.16 Å². The molecule has 0 unspecified atom stereocenters. The van der Waals surface area contributed by atoms with Gasteiger partial charge in [0.05, 0.1) is 23.6 Å². The van der Waals surface area contributed by atoms with E-state index in [9.17, 15) is 24.3 Å². The molecule has 1 saturated heterocycles. The first kappa shape index (κ1) is 24.5. The zero-order valence-electron chi connectivity index (χ0n) is 19.2. The maximum atomic E-state index is 13.0. The number of nitrogens with two attached hydrogens (primary N) is 1. The van der Waals surface area contributed by atoms with Crippen molar-refractivity contribution in [3.05, 3.63) is 58.8 Å². The second-order valence-corrected chi connectivity index (χ2v) is 10.1. The van der Waals surface area contributed by atoms with E-state index in [0.717, 1.165) is 28.0 Å². The Morgan fingerprint density at radius 1 is 1.43 bits per heavy atom. The lowest BCUT2D eigenvalue weighted by molar-refractivity contribution is -0.688. The smallest absolute Gasteiger partial charge is 0.276 e. The van der Waals surface area contributed by atoms with Crippen LogP contribution in [-0.2, 0) is 25.8 Å². The number of hydrogen-bond donors (Lipinski definition) is 2. The van der Waals surface area contributed by atoms with Crippen LogP contribution in [0, 0.1) is 0 Å². The van der Waals surface area contributed by atoms with Crippen molar-refractivity contribution in [2.45, 2.75) is 18.0 Å². The molecular formula is C22H19N7O6S2. The molecule has 13 nitrogen and oxygen atoms in total. The topological polar surface area (TPSA) is 175 Å². The molecule has 2 amide bonds. The number of thiazole rings is 1. The lowest BCUT2D eigenvalue weighted by Crippen LogP contribution is -2.71. The van der Waals surface area contributed by atoms with Crippen molar-refractivity contribution in [3.8, 4) is 0 Å². The second kappa shape index (κ2) is 9.67. The molecule has 37 heavy (non-hydrogen) atoms. The molecule has 0 saturated carbocycles. The van der Waals surface area contributed by atoms with E-state index in [4.69, 9.17) is 10.6 Å². The third-order valence-corrected chi connectivity index (χ3v) is 7.88. The molecule has 0 aliphatic carbocycles. The van der Waals surface area contributed by atoms with E-state index in [1.165, 1.54) is 24.3 Å². The Morgan fingerprint density at radius 3 is 2.92 bits per heavy atom. The minimum Gasteiger partial charge on any atom is -0.543 e. The standard InChI is InChI=1S/C22H19N7O6S2/c1-35-26-15(14-10-37-22(23)24-14)18(31)25-16-19(32)29-17(21(33)34)11(9-36-20(16)29)6-27-4-5-28-12(7-27)2-3-13(28)8-30/h2-5,7-8,10,16,20H,6,9H2,1H3,(H3-,23,24,25,31,33,34)/b26-15-/t16-,20+/m1/s1. The van der Waals surface area contributed by atoms with Crippen LogP contribution in [-0.4, -0.2) is 68.3 Å². The number of amides is 2. The number of β-lactam (4-membered cyclic amide) rings is 1. The van der Waals surface area contributed by atoms with Crippen molar-refractivity contribution < 1.29 is 33.7 Å². The van der Waals surface area contributed by atoms with Crippen molar-refractivity contribution in [2.75, 3.05) is 18.6 Å². The van der Waals surface area contributed by atoms with Crippen molar-refractivity contribution in [1.82, 2.24) is 19.6 Å². The summed E-state index contributed by atoms with van der Waals surface area (Å²) in [7, 11) is 1.27. The minimum atomic E-state index is -1.48. The molecule has 0 bridgehead atoms.